The smallest absolute Gasteiger partial charge is 0.319 e. The Morgan fingerprint density at radius 1 is 1.25 bits per heavy atom. The summed E-state index contributed by atoms with van der Waals surface area (Å²) < 4.78 is 2.07. The van der Waals surface area contributed by atoms with Gasteiger partial charge in [0.1, 0.15) is 4.75 Å². The number of carbonyl (C=O) groups is 2. The zero-order chi connectivity index (χ0) is 15.5. The third kappa shape index (κ3) is 5.48. The molecule has 1 amide bonds. The summed E-state index contributed by atoms with van der Waals surface area (Å²) in [6.45, 7) is 3.18. The molecule has 0 heterocycles. The first-order valence-electron chi connectivity index (χ1n) is 5.45. The summed E-state index contributed by atoms with van der Waals surface area (Å²) in [4.78, 5) is 22.9. The van der Waals surface area contributed by atoms with E-state index in [4.69, 9.17) is 5.11 Å². The molecule has 0 spiro atoms. The number of amides is 1. The maximum Gasteiger partial charge on any atom is 0.319 e. The van der Waals surface area contributed by atoms with Crippen LogP contribution in [-0.2, 0) is 9.59 Å². The lowest BCUT2D eigenvalue weighted by Crippen LogP contribution is -2.30. The van der Waals surface area contributed by atoms with E-state index in [9.17, 15) is 9.59 Å². The van der Waals surface area contributed by atoms with Crippen molar-refractivity contribution in [3.8, 4) is 0 Å². The van der Waals surface area contributed by atoms with Gasteiger partial charge in [-0.05, 0) is 93.8 Å². The molecule has 8 heteroatoms. The molecule has 4 nitrogen and oxygen atoms in total. The molecule has 0 saturated heterocycles. The van der Waals surface area contributed by atoms with Gasteiger partial charge in [0.15, 0.2) is 0 Å². The lowest BCUT2D eigenvalue weighted by molar-refractivity contribution is -0.138. The average molecular weight is 631 g/mol. The monoisotopic (exact) mass is 631 g/mol. The van der Waals surface area contributed by atoms with E-state index in [2.05, 4.69) is 73.1 Å². The van der Waals surface area contributed by atoms with Crippen LogP contribution in [0.4, 0.5) is 5.69 Å². The van der Waals surface area contributed by atoms with Crippen LogP contribution in [-0.4, -0.2) is 27.5 Å². The number of hydrogen-bond donors (Lipinski definition) is 2. The maximum absolute atomic E-state index is 11.9. The highest BCUT2D eigenvalue weighted by Crippen LogP contribution is 2.28. The van der Waals surface area contributed by atoms with Crippen LogP contribution in [0.1, 0.15) is 13.8 Å². The Hall–Kier alpha value is 0.700. The van der Waals surface area contributed by atoms with E-state index in [-0.39, 0.29) is 11.7 Å². The number of halogens is 3. The highest BCUT2D eigenvalue weighted by molar-refractivity contribution is 14.1. The molecule has 1 aromatic rings. The number of nitrogens with one attached hydrogen (secondary N) is 1. The number of anilines is 1. The first-order chi connectivity index (χ1) is 9.13. The highest BCUT2D eigenvalue weighted by Gasteiger charge is 2.28. The van der Waals surface area contributed by atoms with Crippen molar-refractivity contribution in [3.63, 3.8) is 0 Å². The van der Waals surface area contributed by atoms with Crippen LogP contribution in [0.5, 0.6) is 0 Å². The molecule has 0 aromatic heterocycles. The number of hydrogen-bond acceptors (Lipinski definition) is 3. The molecule has 0 unspecified atom stereocenters. The van der Waals surface area contributed by atoms with Gasteiger partial charge in [-0.15, -0.1) is 11.8 Å². The molecule has 20 heavy (non-hydrogen) atoms. The molecule has 0 fully saturated rings. The van der Waals surface area contributed by atoms with Gasteiger partial charge < -0.3 is 10.4 Å². The van der Waals surface area contributed by atoms with Gasteiger partial charge in [0.25, 0.3) is 0 Å². The lowest BCUT2D eigenvalue weighted by Gasteiger charge is -2.18. The first-order valence-corrected chi connectivity index (χ1v) is 9.67. The maximum atomic E-state index is 11.9. The molecule has 0 saturated carbocycles. The molecule has 2 N–H and O–H groups in total. The van der Waals surface area contributed by atoms with Crippen LogP contribution in [0, 0.1) is 10.7 Å². The molecule has 0 bridgehead atoms. The van der Waals surface area contributed by atoms with E-state index in [1.165, 1.54) is 0 Å². The fourth-order valence-corrected chi connectivity index (χ4v) is 5.68. The van der Waals surface area contributed by atoms with Gasteiger partial charge in [0.05, 0.1) is 11.4 Å². The molecule has 1 rings (SSSR count). The zero-order valence-corrected chi connectivity index (χ0v) is 18.0. The van der Waals surface area contributed by atoms with Crippen LogP contribution in [0.15, 0.2) is 12.1 Å². The van der Waals surface area contributed by atoms with Crippen molar-refractivity contribution in [3.05, 3.63) is 22.8 Å². The molecule has 1 aromatic carbocycles. The van der Waals surface area contributed by atoms with Gasteiger partial charge in [-0.2, -0.15) is 0 Å². The molecule has 0 radical (unpaired) electrons. The number of rotatable bonds is 5. The van der Waals surface area contributed by atoms with E-state index < -0.39 is 10.7 Å². The molecular weight excluding hydrogens is 619 g/mol. The number of carbonyl (C=O) groups excluding carboxylic acids is 1. The van der Waals surface area contributed by atoms with Gasteiger partial charge >= 0.3 is 5.97 Å². The summed E-state index contributed by atoms with van der Waals surface area (Å²) in [5, 5.41) is 11.9. The molecule has 0 aliphatic rings. The minimum absolute atomic E-state index is 0.109. The Labute approximate surface area is 162 Å². The van der Waals surface area contributed by atoms with Crippen LogP contribution < -0.4 is 5.32 Å². The lowest BCUT2D eigenvalue weighted by atomic mass is 10.2. The van der Waals surface area contributed by atoms with Crippen molar-refractivity contribution in [1.29, 1.82) is 0 Å². The quantitative estimate of drug-likeness (QED) is 0.483. The SMILES string of the molecule is CC(C)(SCC(=O)Nc1c(I)cc(I)cc1I)C(=O)O. The molecule has 0 aliphatic carbocycles. The summed E-state index contributed by atoms with van der Waals surface area (Å²) in [6.07, 6.45) is 0. The molecule has 0 aliphatic heterocycles. The van der Waals surface area contributed by atoms with Gasteiger partial charge in [-0.25, -0.2) is 0 Å². The van der Waals surface area contributed by atoms with E-state index >= 15 is 0 Å². The Balaban J connectivity index is 2.71. The Morgan fingerprint density at radius 3 is 2.20 bits per heavy atom. The fraction of sp³-hybridized carbons (Fsp3) is 0.333. The van der Waals surface area contributed by atoms with E-state index in [0.29, 0.717) is 0 Å². The second-order valence-electron chi connectivity index (χ2n) is 4.40. The van der Waals surface area contributed by atoms with Crippen molar-refractivity contribution in [2.75, 3.05) is 11.1 Å². The average Bonchev–Trinajstić information content (AvgIpc) is 2.31. The van der Waals surface area contributed by atoms with Gasteiger partial charge in [0.2, 0.25) is 5.91 Å². The number of carboxylic acids is 1. The standard InChI is InChI=1S/C12H12I3NO3S/c1-12(2,11(18)19)20-5-9(17)16-10-7(14)3-6(13)4-8(10)15/h3-4H,5H2,1-2H3,(H,16,17)(H,18,19). The largest absolute Gasteiger partial charge is 0.480 e. The fourth-order valence-electron chi connectivity index (χ4n) is 1.14. The van der Waals surface area contributed by atoms with Crippen molar-refractivity contribution < 1.29 is 14.7 Å². The molecule has 0 atom stereocenters. The Bertz CT molecular complexity index is 526. The topological polar surface area (TPSA) is 66.4 Å². The van der Waals surface area contributed by atoms with Gasteiger partial charge in [-0.3, -0.25) is 9.59 Å². The normalized spacial score (nSPS) is 11.2. The number of thioether (sulfide) groups is 1. The summed E-state index contributed by atoms with van der Waals surface area (Å²) in [5.41, 5.74) is 0.783. The molecule has 110 valence electrons. The van der Waals surface area contributed by atoms with Crippen molar-refractivity contribution in [2.45, 2.75) is 18.6 Å². The molecular formula is C12H12I3NO3S. The number of benzene rings is 1. The second-order valence-corrected chi connectivity index (χ2v) is 9.56. The zero-order valence-electron chi connectivity index (χ0n) is 10.7. The van der Waals surface area contributed by atoms with E-state index in [1.54, 1.807) is 13.8 Å². The number of carboxylic acid groups (broad SMARTS) is 1. The minimum atomic E-state index is -0.969. The summed E-state index contributed by atoms with van der Waals surface area (Å²) in [5.74, 6) is -1.01. The summed E-state index contributed by atoms with van der Waals surface area (Å²) in [6, 6.07) is 3.96. The first kappa shape index (κ1) is 18.7. The highest BCUT2D eigenvalue weighted by atomic mass is 127. The third-order valence-electron chi connectivity index (χ3n) is 2.35. The number of aliphatic carboxylic acids is 1. The van der Waals surface area contributed by atoms with E-state index in [0.717, 1.165) is 28.2 Å². The minimum Gasteiger partial charge on any atom is -0.480 e. The predicted octanol–water partition coefficient (Wildman–Crippen LogP) is 4.04. The second kappa shape index (κ2) is 7.81. The van der Waals surface area contributed by atoms with Gasteiger partial charge in [-0.1, -0.05) is 0 Å². The van der Waals surface area contributed by atoms with Crippen LogP contribution in [0.25, 0.3) is 0 Å². The van der Waals surface area contributed by atoms with Crippen molar-refractivity contribution >= 4 is 97.1 Å². The Morgan fingerprint density at radius 2 is 1.75 bits per heavy atom. The van der Waals surface area contributed by atoms with Crippen LogP contribution >= 0.6 is 79.5 Å². The van der Waals surface area contributed by atoms with Crippen molar-refractivity contribution in [1.82, 2.24) is 0 Å². The van der Waals surface area contributed by atoms with Crippen molar-refractivity contribution in [2.24, 2.45) is 0 Å². The van der Waals surface area contributed by atoms with Gasteiger partial charge in [0, 0.05) is 10.7 Å². The van der Waals surface area contributed by atoms with Crippen LogP contribution in [0.3, 0.4) is 0 Å². The Kier molecular flexibility index (Phi) is 7.32. The van der Waals surface area contributed by atoms with Crippen LogP contribution in [0.2, 0.25) is 0 Å². The summed E-state index contributed by atoms with van der Waals surface area (Å²) >= 11 is 7.69. The summed E-state index contributed by atoms with van der Waals surface area (Å²) in [7, 11) is 0. The predicted molar refractivity (Wildman–Crippen MR) is 107 cm³/mol. The third-order valence-corrected chi connectivity index (χ3v) is 5.98. The van der Waals surface area contributed by atoms with E-state index in [1.807, 2.05) is 12.1 Å².